The Morgan fingerprint density at radius 2 is 1.00 bits per heavy atom. The van der Waals surface area contributed by atoms with Crippen molar-refractivity contribution in [2.75, 3.05) is 26.4 Å². The van der Waals surface area contributed by atoms with Crippen LogP contribution in [0.4, 0.5) is 0 Å². The van der Waals surface area contributed by atoms with Crippen molar-refractivity contribution in [3.05, 3.63) is 11.6 Å². The molecule has 3 unspecified atom stereocenters. The quantitative estimate of drug-likeness (QED) is 0.0517. The van der Waals surface area contributed by atoms with E-state index in [2.05, 4.69) is 33.8 Å². The fourth-order valence-corrected chi connectivity index (χ4v) is 17.2. The fourth-order valence-electron chi connectivity index (χ4n) is 17.2. The molecule has 9 rings (SSSR count). The van der Waals surface area contributed by atoms with Crippen molar-refractivity contribution in [1.29, 1.82) is 0 Å². The van der Waals surface area contributed by atoms with Crippen LogP contribution in [-0.4, -0.2) is 296 Å². The summed E-state index contributed by atoms with van der Waals surface area (Å²) in [6.07, 6.45) is -34.8. The molecule has 3 saturated carbocycles. The van der Waals surface area contributed by atoms with E-state index in [-0.39, 0.29) is 40.9 Å². The van der Waals surface area contributed by atoms with Crippen LogP contribution in [0.5, 0.6) is 0 Å². The van der Waals surface area contributed by atoms with Gasteiger partial charge in [-0.15, -0.1) is 0 Å². The van der Waals surface area contributed by atoms with E-state index in [1.165, 1.54) is 0 Å². The van der Waals surface area contributed by atoms with E-state index >= 15 is 0 Å². The highest BCUT2D eigenvalue weighted by molar-refractivity contribution is 5.32. The maximum atomic E-state index is 12.8. The molecule has 35 atom stereocenters. The summed E-state index contributed by atoms with van der Waals surface area (Å²) in [6, 6.07) is 0. The van der Waals surface area contributed by atoms with Gasteiger partial charge in [0.05, 0.1) is 56.4 Å². The Balaban J connectivity index is 0.839. The molecule has 0 amide bonds. The molecule has 5 saturated heterocycles. The number of rotatable bonds is 20. The number of hydrogen-bond acceptors (Lipinski definition) is 28. The van der Waals surface area contributed by atoms with Gasteiger partial charge in [-0.2, -0.15) is 0 Å². The maximum absolute atomic E-state index is 12.8. The third-order valence-corrected chi connectivity index (χ3v) is 23.1. The van der Waals surface area contributed by atoms with Gasteiger partial charge in [-0.3, -0.25) is 0 Å². The SMILES string of the molecule is CC[C@H]1O[C@@H](O[C@H](CC[C@@H](C)C2CC[C@@]3(C)C4CC=C5C(CC[C@H](O[C@@H]6O[C@H](CO[C@@H]7O[C@H](CO[C@@H]8O[C@H](CO)[C@@H](O)[C@H](O)[C@H]8O)[C@@H](O)[C@H](O)[C@H]7O)[C@@H](O)[C@H](O)[C@H]6O)C5(C)C)[C@]4(C)[C@H](O)C[C@]23C)C(C)(C)O)[C@H](O[C@@H]2O[C@H](CO)[C@@H](O)[C@H](O)[C@H]2O)[C@@H](O)[C@@H]1O. The number of ether oxygens (including phenoxy) is 10. The summed E-state index contributed by atoms with van der Waals surface area (Å²) >= 11 is 0. The van der Waals surface area contributed by atoms with Crippen molar-refractivity contribution in [3.8, 4) is 0 Å². The monoisotopic (exact) mass is 1280 g/mol. The lowest BCUT2D eigenvalue weighted by Crippen LogP contribution is -2.65. The molecule has 18 N–H and O–H groups in total. The Labute approximate surface area is 518 Å². The van der Waals surface area contributed by atoms with Crippen LogP contribution in [0.25, 0.3) is 0 Å². The maximum Gasteiger partial charge on any atom is 0.187 e. The lowest BCUT2D eigenvalue weighted by molar-refractivity contribution is -0.374. The lowest BCUT2D eigenvalue weighted by atomic mass is 9.38. The zero-order chi connectivity index (χ0) is 65.5. The highest BCUT2D eigenvalue weighted by Crippen LogP contribution is 2.75. The Morgan fingerprint density at radius 3 is 1.52 bits per heavy atom. The minimum absolute atomic E-state index is 0.0582. The average molecular weight is 1290 g/mol. The van der Waals surface area contributed by atoms with E-state index in [9.17, 15) is 91.9 Å². The molecular formula is C61H104O28. The molecule has 0 bridgehead atoms. The summed E-state index contributed by atoms with van der Waals surface area (Å²) in [6.45, 7) is 15.4. The van der Waals surface area contributed by atoms with Gasteiger partial charge in [0.25, 0.3) is 0 Å². The second kappa shape index (κ2) is 27.6. The van der Waals surface area contributed by atoms with Crippen LogP contribution in [0, 0.1) is 45.3 Å². The van der Waals surface area contributed by atoms with Gasteiger partial charge in [-0.25, -0.2) is 0 Å². The summed E-state index contributed by atoms with van der Waals surface area (Å²) in [5.74, 6) is 0.200. The molecule has 89 heavy (non-hydrogen) atoms. The van der Waals surface area contributed by atoms with Crippen molar-refractivity contribution in [2.24, 2.45) is 45.3 Å². The van der Waals surface area contributed by atoms with Gasteiger partial charge in [0.2, 0.25) is 0 Å². The molecule has 0 radical (unpaired) electrons. The number of allylic oxidation sites excluding steroid dienone is 1. The lowest BCUT2D eigenvalue weighted by Gasteiger charge is -2.67. The van der Waals surface area contributed by atoms with Gasteiger partial charge in [0, 0.05) is 10.8 Å². The first-order valence-corrected chi connectivity index (χ1v) is 31.9. The summed E-state index contributed by atoms with van der Waals surface area (Å²) in [5.41, 5.74) is -2.20. The Hall–Kier alpha value is -1.38. The van der Waals surface area contributed by atoms with Crippen molar-refractivity contribution in [3.63, 3.8) is 0 Å². The van der Waals surface area contributed by atoms with Gasteiger partial charge in [-0.1, -0.05) is 60.1 Å². The molecule has 9 aliphatic rings. The third kappa shape index (κ3) is 13.1. The first kappa shape index (κ1) is 71.9. The molecule has 516 valence electrons. The van der Waals surface area contributed by atoms with E-state index < -0.39 is 215 Å². The van der Waals surface area contributed by atoms with E-state index in [1.54, 1.807) is 20.8 Å². The number of aliphatic hydroxyl groups is 18. The average Bonchev–Trinajstić information content (AvgIpc) is 1.68. The van der Waals surface area contributed by atoms with Crippen molar-refractivity contribution in [1.82, 2.24) is 0 Å². The van der Waals surface area contributed by atoms with Gasteiger partial charge in [0.1, 0.15) is 116 Å². The van der Waals surface area contributed by atoms with Gasteiger partial charge in [0.15, 0.2) is 31.5 Å². The number of hydrogen-bond donors (Lipinski definition) is 18. The third-order valence-electron chi connectivity index (χ3n) is 23.1. The second-order valence-corrected chi connectivity index (χ2v) is 28.9. The zero-order valence-electron chi connectivity index (χ0n) is 52.4. The molecule has 4 aliphatic carbocycles. The van der Waals surface area contributed by atoms with E-state index in [4.69, 9.17) is 47.4 Å². The van der Waals surface area contributed by atoms with Gasteiger partial charge in [-0.05, 0) is 106 Å². The number of aliphatic hydroxyl groups excluding tert-OH is 17. The largest absolute Gasteiger partial charge is 0.394 e. The predicted octanol–water partition coefficient (Wildman–Crippen LogP) is -3.99. The van der Waals surface area contributed by atoms with Crippen LogP contribution >= 0.6 is 0 Å². The Kier molecular flexibility index (Phi) is 22.3. The second-order valence-electron chi connectivity index (χ2n) is 28.9. The van der Waals surface area contributed by atoms with Crippen LogP contribution in [0.1, 0.15) is 120 Å². The van der Waals surface area contributed by atoms with Crippen molar-refractivity contribution < 1.29 is 139 Å². The van der Waals surface area contributed by atoms with Crippen LogP contribution in [0.15, 0.2) is 11.6 Å². The van der Waals surface area contributed by atoms with Crippen LogP contribution < -0.4 is 0 Å². The van der Waals surface area contributed by atoms with E-state index in [1.807, 2.05) is 13.8 Å². The summed E-state index contributed by atoms with van der Waals surface area (Å²) in [4.78, 5) is 0. The first-order valence-electron chi connectivity index (χ1n) is 31.9. The minimum atomic E-state index is -1.87. The molecule has 0 aromatic rings. The fraction of sp³-hybridized carbons (Fsp3) is 0.967. The molecule has 5 heterocycles. The zero-order valence-corrected chi connectivity index (χ0v) is 52.4. The van der Waals surface area contributed by atoms with Gasteiger partial charge < -0.3 is 139 Å². The topological polar surface area (TPSA) is 456 Å². The van der Waals surface area contributed by atoms with Crippen molar-refractivity contribution >= 4 is 0 Å². The molecule has 28 heteroatoms. The molecule has 0 spiro atoms. The van der Waals surface area contributed by atoms with Crippen LogP contribution in [-0.2, 0) is 47.4 Å². The summed E-state index contributed by atoms with van der Waals surface area (Å²) in [7, 11) is 0. The standard InChI is InChI=1S/C61H104O28/c1-10-28-37(65)46(74)51(89-55-50(78)43(71)39(67)30(21-63)84-55)56(82-28)88-36(58(5,6)79)15-11-24(2)25-17-18-59(7)33-14-12-26-27(61(33,9)34(64)19-60(25,59)8)13-16-35(57(26,3)4)87-54-49(77)45(73)41(69)32(86-54)23-81-53-48(76)44(72)40(68)31(85-53)22-80-52-47(75)42(70)38(66)29(20-62)83-52/h12,24-25,27-56,62-79H,10-11,13-23H2,1-9H3/t24-,25?,27?,28-,29-,30-,31-,32-,33?,34-,35+,36-,37-,38-,39-,40-,41-,42+,43+,44+,45+,46+,47-,48-,49-,50-,51-,52-,53-,54+,55+,56+,59+,60-,61+/m1/s1. The normalized spacial score (nSPS) is 51.8. The van der Waals surface area contributed by atoms with Crippen LogP contribution in [0.2, 0.25) is 0 Å². The molecule has 5 aliphatic heterocycles. The highest BCUT2D eigenvalue weighted by atomic mass is 16.8. The Morgan fingerprint density at radius 1 is 0.539 bits per heavy atom. The van der Waals surface area contributed by atoms with E-state index in [0.717, 1.165) is 18.4 Å². The smallest absolute Gasteiger partial charge is 0.187 e. The highest BCUT2D eigenvalue weighted by Gasteiger charge is 2.70. The first-order chi connectivity index (χ1) is 41.6. The van der Waals surface area contributed by atoms with E-state index in [0.29, 0.717) is 38.5 Å². The minimum Gasteiger partial charge on any atom is -0.394 e. The predicted molar refractivity (Wildman–Crippen MR) is 303 cm³/mol. The number of fused-ring (bicyclic) bond motifs is 5. The molecule has 0 aromatic heterocycles. The Bertz CT molecular complexity index is 2350. The molecule has 28 nitrogen and oxygen atoms in total. The summed E-state index contributed by atoms with van der Waals surface area (Å²) < 4.78 is 59.5. The summed E-state index contributed by atoms with van der Waals surface area (Å²) in [5, 5.41) is 195. The van der Waals surface area contributed by atoms with Crippen LogP contribution in [0.3, 0.4) is 0 Å². The van der Waals surface area contributed by atoms with Crippen molar-refractivity contribution in [2.45, 2.75) is 298 Å². The van der Waals surface area contributed by atoms with Gasteiger partial charge >= 0.3 is 0 Å². The molecule has 0 aromatic carbocycles. The molecular weight excluding hydrogens is 1180 g/mol. The molecule has 8 fully saturated rings.